The van der Waals surface area contributed by atoms with Crippen LogP contribution in [0.5, 0.6) is 11.5 Å². The third-order valence-corrected chi connectivity index (χ3v) is 5.00. The lowest BCUT2D eigenvalue weighted by Crippen LogP contribution is -2.74. The highest BCUT2D eigenvalue weighted by Gasteiger charge is 2.95. The molecule has 0 saturated heterocycles. The van der Waals surface area contributed by atoms with Crippen molar-refractivity contribution in [1.82, 2.24) is 0 Å². The molecule has 0 aliphatic heterocycles. The maximum absolute atomic E-state index is 13.8. The van der Waals surface area contributed by atoms with Crippen molar-refractivity contribution < 1.29 is 84.1 Å². The minimum absolute atomic E-state index is 0.0629. The van der Waals surface area contributed by atoms with Crippen LogP contribution >= 0.6 is 0 Å². The predicted octanol–water partition coefficient (Wildman–Crippen LogP) is 8.25. The van der Waals surface area contributed by atoms with Gasteiger partial charge in [-0.05, 0) is 37.1 Å². The van der Waals surface area contributed by atoms with Gasteiger partial charge < -0.3 is 9.47 Å². The monoisotopic (exact) mass is 598 g/mol. The van der Waals surface area contributed by atoms with E-state index in [1.54, 1.807) is 0 Å². The van der Waals surface area contributed by atoms with Gasteiger partial charge in [-0.2, -0.15) is 74.6 Å². The van der Waals surface area contributed by atoms with Crippen molar-refractivity contribution in [1.29, 1.82) is 0 Å². The SMILES string of the molecule is COc1ccc(OCCCCC(F)(F)C(F)(F)C(F)(F)C(F)(F)C(F)(F)C(F)(F)C(F)(F)C(F)(F)F)cc1. The molecule has 0 radical (unpaired) electrons. The van der Waals surface area contributed by atoms with Crippen LogP contribution < -0.4 is 9.47 Å². The number of halogens is 17. The molecular weight excluding hydrogens is 583 g/mol. The lowest BCUT2D eigenvalue weighted by atomic mass is 9.88. The third kappa shape index (κ3) is 5.37. The fourth-order valence-corrected chi connectivity index (χ4v) is 2.66. The van der Waals surface area contributed by atoms with Crippen LogP contribution in [0, 0.1) is 0 Å². The van der Waals surface area contributed by atoms with Crippen LogP contribution in [-0.4, -0.2) is 61.4 Å². The molecule has 0 amide bonds. The van der Waals surface area contributed by atoms with Crippen molar-refractivity contribution in [3.8, 4) is 11.5 Å². The summed E-state index contributed by atoms with van der Waals surface area (Å²) in [4.78, 5) is 0. The molecule has 2 nitrogen and oxygen atoms in total. The standard InChI is InChI=1S/C19H15F17O2/c1-37-10-4-6-11(7-5-10)38-9-3-2-8-12(20,21)13(22,23)14(24,25)15(26,27)16(28,29)17(30,31)18(32,33)19(34,35)36/h4-7H,2-3,8-9H2,1H3. The predicted molar refractivity (Wildman–Crippen MR) is 93.0 cm³/mol. The minimum atomic E-state index is -8.62. The minimum Gasteiger partial charge on any atom is -0.497 e. The molecule has 0 spiro atoms. The number of rotatable bonds is 13. The molecule has 1 aromatic carbocycles. The summed E-state index contributed by atoms with van der Waals surface area (Å²) >= 11 is 0. The first-order valence-electron chi connectivity index (χ1n) is 9.74. The zero-order valence-corrected chi connectivity index (χ0v) is 18.4. The van der Waals surface area contributed by atoms with E-state index in [0.717, 1.165) is 0 Å². The normalized spacial score (nSPS) is 15.0. The van der Waals surface area contributed by atoms with Crippen molar-refractivity contribution in [2.75, 3.05) is 13.7 Å². The number of unbranched alkanes of at least 4 members (excludes halogenated alkanes) is 1. The van der Waals surface area contributed by atoms with E-state index in [1.165, 1.54) is 31.4 Å². The van der Waals surface area contributed by atoms with E-state index in [1.807, 2.05) is 0 Å². The molecule has 0 aliphatic carbocycles. The molecule has 0 aromatic heterocycles. The topological polar surface area (TPSA) is 18.5 Å². The van der Waals surface area contributed by atoms with E-state index in [9.17, 15) is 74.6 Å². The van der Waals surface area contributed by atoms with Crippen LogP contribution in [0.25, 0.3) is 0 Å². The number of hydrogen-bond donors (Lipinski definition) is 0. The molecule has 0 heterocycles. The molecule has 1 rings (SSSR count). The first-order valence-corrected chi connectivity index (χ1v) is 9.74. The Kier molecular flexibility index (Phi) is 9.13. The van der Waals surface area contributed by atoms with E-state index in [0.29, 0.717) is 5.75 Å². The smallest absolute Gasteiger partial charge is 0.460 e. The summed E-state index contributed by atoms with van der Waals surface area (Å²) in [5.41, 5.74) is 0. The Bertz CT molecular complexity index is 922. The van der Waals surface area contributed by atoms with Crippen LogP contribution in [0.3, 0.4) is 0 Å². The maximum atomic E-state index is 13.8. The van der Waals surface area contributed by atoms with Crippen molar-refractivity contribution in [3.63, 3.8) is 0 Å². The largest absolute Gasteiger partial charge is 0.497 e. The molecule has 0 bridgehead atoms. The van der Waals surface area contributed by atoms with Gasteiger partial charge >= 0.3 is 47.6 Å². The van der Waals surface area contributed by atoms with Crippen molar-refractivity contribution in [2.24, 2.45) is 0 Å². The lowest BCUT2D eigenvalue weighted by molar-refractivity contribution is -0.461. The van der Waals surface area contributed by atoms with Gasteiger partial charge in [-0.3, -0.25) is 0 Å². The van der Waals surface area contributed by atoms with E-state index in [4.69, 9.17) is 9.47 Å². The van der Waals surface area contributed by atoms with Gasteiger partial charge in [-0.15, -0.1) is 0 Å². The van der Waals surface area contributed by atoms with Crippen molar-refractivity contribution in [2.45, 2.75) is 66.9 Å². The van der Waals surface area contributed by atoms with Gasteiger partial charge in [0, 0.05) is 6.42 Å². The van der Waals surface area contributed by atoms with E-state index in [-0.39, 0.29) is 5.75 Å². The summed E-state index contributed by atoms with van der Waals surface area (Å²) in [5, 5.41) is 0. The Hall–Kier alpha value is -2.37. The van der Waals surface area contributed by atoms with Gasteiger partial charge in [-0.1, -0.05) is 0 Å². The Labute approximate surface area is 201 Å². The van der Waals surface area contributed by atoms with Gasteiger partial charge in [0.15, 0.2) is 0 Å². The fraction of sp³-hybridized carbons (Fsp3) is 0.684. The van der Waals surface area contributed by atoms with E-state index >= 15 is 0 Å². The second kappa shape index (κ2) is 10.3. The van der Waals surface area contributed by atoms with Crippen LogP contribution in [0.4, 0.5) is 74.6 Å². The third-order valence-electron chi connectivity index (χ3n) is 5.00. The van der Waals surface area contributed by atoms with E-state index < -0.39 is 73.5 Å². The number of hydrogen-bond acceptors (Lipinski definition) is 2. The number of benzene rings is 1. The van der Waals surface area contributed by atoms with Gasteiger partial charge in [0.25, 0.3) is 0 Å². The zero-order chi connectivity index (χ0) is 30.2. The number of alkyl halides is 17. The Morgan fingerprint density at radius 1 is 0.500 bits per heavy atom. The highest BCUT2D eigenvalue weighted by molar-refractivity contribution is 5.31. The fourth-order valence-electron chi connectivity index (χ4n) is 2.66. The highest BCUT2D eigenvalue weighted by atomic mass is 19.4. The molecule has 0 aliphatic rings. The van der Waals surface area contributed by atoms with Gasteiger partial charge in [-0.25, -0.2) is 0 Å². The second-order valence-electron chi connectivity index (χ2n) is 7.63. The molecule has 0 unspecified atom stereocenters. The highest BCUT2D eigenvalue weighted by Crippen LogP contribution is 2.64. The summed E-state index contributed by atoms with van der Waals surface area (Å²) < 4.78 is 234. The van der Waals surface area contributed by atoms with Gasteiger partial charge in [0.1, 0.15) is 11.5 Å². The van der Waals surface area contributed by atoms with E-state index in [2.05, 4.69) is 0 Å². The molecule has 222 valence electrons. The summed E-state index contributed by atoms with van der Waals surface area (Å²) in [6.07, 6.45) is -12.2. The molecule has 38 heavy (non-hydrogen) atoms. The van der Waals surface area contributed by atoms with Crippen LogP contribution in [-0.2, 0) is 0 Å². The molecule has 19 heteroatoms. The second-order valence-corrected chi connectivity index (χ2v) is 7.63. The van der Waals surface area contributed by atoms with Gasteiger partial charge in [0.05, 0.1) is 13.7 Å². The van der Waals surface area contributed by atoms with Crippen LogP contribution in [0.1, 0.15) is 19.3 Å². The number of ether oxygens (including phenoxy) is 2. The average Bonchev–Trinajstić information content (AvgIpc) is 2.77. The van der Waals surface area contributed by atoms with Crippen LogP contribution in [0.15, 0.2) is 24.3 Å². The molecule has 1 aromatic rings. The molecule has 0 N–H and O–H groups in total. The quantitative estimate of drug-likeness (QED) is 0.168. The summed E-state index contributed by atoms with van der Waals surface area (Å²) in [6, 6.07) is 5.28. The summed E-state index contributed by atoms with van der Waals surface area (Å²) in [5.74, 6) is -55.7. The lowest BCUT2D eigenvalue weighted by Gasteiger charge is -2.42. The molecular formula is C19H15F17O2. The van der Waals surface area contributed by atoms with Crippen molar-refractivity contribution in [3.05, 3.63) is 24.3 Å². The first kappa shape index (κ1) is 33.7. The number of methoxy groups -OCH3 is 1. The maximum Gasteiger partial charge on any atom is 0.460 e. The molecule has 0 saturated carbocycles. The van der Waals surface area contributed by atoms with Gasteiger partial charge in [0.2, 0.25) is 0 Å². The first-order chi connectivity index (χ1) is 16.8. The van der Waals surface area contributed by atoms with Crippen LogP contribution in [0.2, 0.25) is 0 Å². The Morgan fingerprint density at radius 2 is 0.868 bits per heavy atom. The van der Waals surface area contributed by atoms with Crippen molar-refractivity contribution >= 4 is 0 Å². The summed E-state index contributed by atoms with van der Waals surface area (Å²) in [6.45, 7) is -0.572. The summed E-state index contributed by atoms with van der Waals surface area (Å²) in [7, 11) is 1.30. The molecule has 0 fully saturated rings. The molecule has 0 atom stereocenters. The Morgan fingerprint density at radius 3 is 1.26 bits per heavy atom. The zero-order valence-electron chi connectivity index (χ0n) is 18.4. The Balaban J connectivity index is 3.10. The average molecular weight is 598 g/mol.